The fraction of sp³-hybridized carbons (Fsp3) is 0.167. The van der Waals surface area contributed by atoms with Gasteiger partial charge in [-0.2, -0.15) is 0 Å². The second-order valence-electron chi connectivity index (χ2n) is 12.8. The highest BCUT2D eigenvalue weighted by Gasteiger charge is 2.42. The summed E-state index contributed by atoms with van der Waals surface area (Å²) >= 11 is 3.84. The predicted octanol–water partition coefficient (Wildman–Crippen LogP) is 7.90. The highest BCUT2D eigenvalue weighted by atomic mass is 32.2. The minimum atomic E-state index is -0.0588. The molecule has 0 saturated carbocycles. The maximum Gasteiger partial charge on any atom is 0.252 e. The molecule has 4 aliphatic heterocycles. The SMILES string of the molecule is CC1(C)c2ccccc2Sc2cc3c(cc21)Nc1cccc2c1B3c1cc3c(cc1N2)C(C)(C)c1ccccc1S3. The standard InChI is InChI=1S/C36H29BN2S2/c1-35(2)20-10-5-7-14-30(20)40-32-18-24-28(16-22(32)35)38-26-12-9-13-27-34(26)37(24)25-19-33-23(17-29(25)39-27)36(3,4)21-11-6-8-15-31(21)41-33/h5-19,38-39H,1-4H3. The summed E-state index contributed by atoms with van der Waals surface area (Å²) in [5.41, 5.74) is 14.5. The minimum Gasteiger partial charge on any atom is -0.356 e. The fourth-order valence-corrected chi connectivity index (χ4v) is 10.4. The summed E-state index contributed by atoms with van der Waals surface area (Å²) in [6, 6.07) is 34.3. The van der Waals surface area contributed by atoms with E-state index in [9.17, 15) is 0 Å². The van der Waals surface area contributed by atoms with Crippen LogP contribution < -0.4 is 27.0 Å². The van der Waals surface area contributed by atoms with Crippen LogP contribution >= 0.6 is 23.5 Å². The van der Waals surface area contributed by atoms with E-state index in [1.165, 1.54) is 81.0 Å². The molecular formula is C36H29BN2S2. The first kappa shape index (κ1) is 24.1. The van der Waals surface area contributed by atoms with Crippen molar-refractivity contribution in [3.05, 3.63) is 113 Å². The molecule has 2 N–H and O–H groups in total. The Hall–Kier alpha value is -3.54. The van der Waals surface area contributed by atoms with Crippen LogP contribution in [0.3, 0.4) is 0 Å². The molecular weight excluding hydrogens is 535 g/mol. The van der Waals surface area contributed by atoms with Crippen LogP contribution in [0.1, 0.15) is 49.9 Å². The van der Waals surface area contributed by atoms with Crippen molar-refractivity contribution in [1.82, 2.24) is 0 Å². The zero-order valence-corrected chi connectivity index (χ0v) is 25.2. The molecule has 2 nitrogen and oxygen atoms in total. The molecule has 5 heteroatoms. The number of rotatable bonds is 0. The van der Waals surface area contributed by atoms with Crippen LogP contribution in [0.15, 0.2) is 111 Å². The highest BCUT2D eigenvalue weighted by Crippen LogP contribution is 2.51. The molecule has 0 saturated heterocycles. The van der Waals surface area contributed by atoms with Crippen molar-refractivity contribution in [2.75, 3.05) is 10.6 Å². The van der Waals surface area contributed by atoms with E-state index in [1.807, 2.05) is 23.5 Å². The van der Waals surface area contributed by atoms with Gasteiger partial charge in [0.15, 0.2) is 0 Å². The molecule has 4 aliphatic rings. The first-order chi connectivity index (χ1) is 19.8. The maximum absolute atomic E-state index is 3.86. The molecule has 0 unspecified atom stereocenters. The van der Waals surface area contributed by atoms with Gasteiger partial charge in [0.2, 0.25) is 0 Å². The van der Waals surface area contributed by atoms with Gasteiger partial charge in [0, 0.05) is 53.2 Å². The van der Waals surface area contributed by atoms with Crippen LogP contribution in [-0.2, 0) is 10.8 Å². The first-order valence-corrected chi connectivity index (χ1v) is 16.0. The Morgan fingerprint density at radius 1 is 0.488 bits per heavy atom. The summed E-state index contributed by atoms with van der Waals surface area (Å²) in [4.78, 5) is 5.48. The molecule has 41 heavy (non-hydrogen) atoms. The molecule has 0 spiro atoms. The lowest BCUT2D eigenvalue weighted by molar-refractivity contribution is 0.608. The number of hydrogen-bond acceptors (Lipinski definition) is 4. The molecule has 4 heterocycles. The topological polar surface area (TPSA) is 24.1 Å². The molecule has 0 atom stereocenters. The Bertz CT molecular complexity index is 1840. The lowest BCUT2D eigenvalue weighted by atomic mass is 9.33. The lowest BCUT2D eigenvalue weighted by Gasteiger charge is -2.40. The van der Waals surface area contributed by atoms with Gasteiger partial charge in [-0.05, 0) is 75.0 Å². The van der Waals surface area contributed by atoms with Crippen LogP contribution in [0.4, 0.5) is 22.7 Å². The van der Waals surface area contributed by atoms with Gasteiger partial charge >= 0.3 is 0 Å². The summed E-state index contributed by atoms with van der Waals surface area (Å²) in [6.07, 6.45) is 0. The summed E-state index contributed by atoms with van der Waals surface area (Å²) < 4.78 is 0. The molecule has 5 aromatic carbocycles. The van der Waals surface area contributed by atoms with E-state index in [4.69, 9.17) is 0 Å². The van der Waals surface area contributed by atoms with Crippen molar-refractivity contribution in [1.29, 1.82) is 0 Å². The highest BCUT2D eigenvalue weighted by molar-refractivity contribution is 7.99. The molecule has 9 rings (SSSR count). The Balaban J connectivity index is 1.27. The van der Waals surface area contributed by atoms with Gasteiger partial charge in [0.05, 0.1) is 0 Å². The van der Waals surface area contributed by atoms with Gasteiger partial charge < -0.3 is 10.6 Å². The van der Waals surface area contributed by atoms with E-state index in [-0.39, 0.29) is 17.5 Å². The predicted molar refractivity (Wildman–Crippen MR) is 176 cm³/mol. The normalized spacial score (nSPS) is 17.3. The Kier molecular flexibility index (Phi) is 4.73. The van der Waals surface area contributed by atoms with Crippen molar-refractivity contribution < 1.29 is 0 Å². The first-order valence-electron chi connectivity index (χ1n) is 14.4. The average Bonchev–Trinajstić information content (AvgIpc) is 2.96. The smallest absolute Gasteiger partial charge is 0.252 e. The second-order valence-corrected chi connectivity index (χ2v) is 14.9. The minimum absolute atomic E-state index is 0.0588. The summed E-state index contributed by atoms with van der Waals surface area (Å²) in [6.45, 7) is 9.65. The van der Waals surface area contributed by atoms with Crippen molar-refractivity contribution in [3.8, 4) is 0 Å². The zero-order valence-electron chi connectivity index (χ0n) is 23.6. The van der Waals surface area contributed by atoms with Gasteiger partial charge in [0.1, 0.15) is 0 Å². The third-order valence-corrected chi connectivity index (χ3v) is 12.0. The van der Waals surface area contributed by atoms with E-state index in [1.54, 1.807) is 0 Å². The van der Waals surface area contributed by atoms with Crippen molar-refractivity contribution >= 4 is 69.4 Å². The number of benzene rings is 5. The second kappa shape index (κ2) is 8.05. The van der Waals surface area contributed by atoms with E-state index in [2.05, 4.69) is 129 Å². The lowest BCUT2D eigenvalue weighted by Crippen LogP contribution is -2.59. The molecule has 0 fully saturated rings. The van der Waals surface area contributed by atoms with Crippen molar-refractivity contribution in [3.63, 3.8) is 0 Å². The van der Waals surface area contributed by atoms with Crippen molar-refractivity contribution in [2.45, 2.75) is 58.1 Å². The van der Waals surface area contributed by atoms with E-state index in [0.717, 1.165) is 0 Å². The molecule has 5 aromatic rings. The van der Waals surface area contributed by atoms with Gasteiger partial charge in [-0.1, -0.05) is 106 Å². The quantitative estimate of drug-likeness (QED) is 0.183. The maximum atomic E-state index is 3.86. The monoisotopic (exact) mass is 564 g/mol. The van der Waals surface area contributed by atoms with Crippen molar-refractivity contribution in [2.24, 2.45) is 0 Å². The third-order valence-electron chi connectivity index (χ3n) is 9.77. The van der Waals surface area contributed by atoms with Crippen LogP contribution in [0, 0.1) is 0 Å². The van der Waals surface area contributed by atoms with Gasteiger partial charge in [-0.25, -0.2) is 0 Å². The molecule has 0 aliphatic carbocycles. The Morgan fingerprint density at radius 2 is 0.951 bits per heavy atom. The van der Waals surface area contributed by atoms with Gasteiger partial charge in [-0.3, -0.25) is 0 Å². The molecule has 0 amide bonds. The number of nitrogens with one attached hydrogen (secondary N) is 2. The average molecular weight is 565 g/mol. The summed E-state index contributed by atoms with van der Waals surface area (Å²) in [7, 11) is 0. The Morgan fingerprint density at radius 3 is 1.44 bits per heavy atom. The van der Waals surface area contributed by atoms with E-state index < -0.39 is 0 Å². The molecule has 0 radical (unpaired) electrons. The molecule has 198 valence electrons. The summed E-state index contributed by atoms with van der Waals surface area (Å²) in [5, 5.41) is 7.71. The number of hydrogen-bond donors (Lipinski definition) is 2. The van der Waals surface area contributed by atoms with Crippen LogP contribution in [0.5, 0.6) is 0 Å². The Labute approximate surface area is 250 Å². The number of anilines is 4. The van der Waals surface area contributed by atoms with Gasteiger partial charge in [-0.15, -0.1) is 0 Å². The van der Waals surface area contributed by atoms with Crippen LogP contribution in [-0.4, -0.2) is 6.71 Å². The van der Waals surface area contributed by atoms with Crippen LogP contribution in [0.2, 0.25) is 0 Å². The largest absolute Gasteiger partial charge is 0.356 e. The number of fused-ring (bicyclic) bond motifs is 8. The van der Waals surface area contributed by atoms with E-state index >= 15 is 0 Å². The van der Waals surface area contributed by atoms with E-state index in [0.29, 0.717) is 0 Å². The zero-order chi connectivity index (χ0) is 27.7. The third kappa shape index (κ3) is 3.19. The van der Waals surface area contributed by atoms with Gasteiger partial charge in [0.25, 0.3) is 6.71 Å². The summed E-state index contributed by atoms with van der Waals surface area (Å²) in [5.74, 6) is 0. The molecule has 0 aromatic heterocycles. The molecule has 0 bridgehead atoms. The fourth-order valence-electron chi connectivity index (χ4n) is 7.56. The van der Waals surface area contributed by atoms with Crippen LogP contribution in [0.25, 0.3) is 0 Å².